The Hall–Kier alpha value is -2.61. The van der Waals surface area contributed by atoms with Crippen LogP contribution in [0.25, 0.3) is 11.3 Å². The summed E-state index contributed by atoms with van der Waals surface area (Å²) in [7, 11) is 4.07. The normalized spacial score (nSPS) is 10.9. The zero-order chi connectivity index (χ0) is 20.8. The van der Waals surface area contributed by atoms with Crippen molar-refractivity contribution in [2.45, 2.75) is 6.42 Å². The molecule has 29 heavy (non-hydrogen) atoms. The van der Waals surface area contributed by atoms with E-state index in [0.717, 1.165) is 30.8 Å². The molecule has 0 aliphatic carbocycles. The van der Waals surface area contributed by atoms with Gasteiger partial charge in [-0.15, -0.1) is 0 Å². The summed E-state index contributed by atoms with van der Waals surface area (Å²) < 4.78 is 0. The number of aromatic hydroxyl groups is 1. The van der Waals surface area contributed by atoms with Crippen LogP contribution in [0.15, 0.2) is 42.7 Å². The van der Waals surface area contributed by atoms with Gasteiger partial charge in [0, 0.05) is 36.3 Å². The number of phenolic OH excluding ortho intramolecular Hbond substituents is 1. The van der Waals surface area contributed by atoms with Gasteiger partial charge in [0.25, 0.3) is 0 Å². The summed E-state index contributed by atoms with van der Waals surface area (Å²) >= 11 is 12.0. The van der Waals surface area contributed by atoms with Crippen molar-refractivity contribution >= 4 is 40.7 Å². The van der Waals surface area contributed by atoms with Crippen LogP contribution in [-0.2, 0) is 0 Å². The van der Waals surface area contributed by atoms with Crippen molar-refractivity contribution in [2.24, 2.45) is 0 Å². The Balaban J connectivity index is 1.87. The van der Waals surface area contributed by atoms with E-state index in [9.17, 15) is 5.11 Å². The smallest absolute Gasteiger partial charge is 0.225 e. The van der Waals surface area contributed by atoms with Gasteiger partial charge in [0.05, 0.1) is 15.7 Å². The minimum atomic E-state index is -0.152. The molecule has 0 saturated carbocycles. The van der Waals surface area contributed by atoms with Gasteiger partial charge in [-0.2, -0.15) is 4.98 Å². The highest BCUT2D eigenvalue weighted by atomic mass is 35.5. The van der Waals surface area contributed by atoms with Crippen LogP contribution in [0.5, 0.6) is 5.75 Å². The summed E-state index contributed by atoms with van der Waals surface area (Å²) in [5.41, 5.74) is 2.20. The van der Waals surface area contributed by atoms with Gasteiger partial charge in [0.1, 0.15) is 5.82 Å². The summed E-state index contributed by atoms with van der Waals surface area (Å²) in [4.78, 5) is 15.4. The third kappa shape index (κ3) is 5.93. The lowest BCUT2D eigenvalue weighted by atomic mass is 10.2. The number of rotatable bonds is 8. The molecular formula is C20H22Cl2N6O. The first kappa shape index (κ1) is 21.1. The van der Waals surface area contributed by atoms with Crippen LogP contribution in [-0.4, -0.2) is 52.1 Å². The van der Waals surface area contributed by atoms with E-state index in [1.807, 2.05) is 32.3 Å². The molecule has 0 spiro atoms. The van der Waals surface area contributed by atoms with E-state index in [4.69, 9.17) is 23.2 Å². The second-order valence-electron chi connectivity index (χ2n) is 6.70. The van der Waals surface area contributed by atoms with Crippen LogP contribution in [0.1, 0.15) is 6.42 Å². The lowest BCUT2D eigenvalue weighted by Gasteiger charge is -2.13. The molecule has 0 bridgehead atoms. The van der Waals surface area contributed by atoms with Crippen molar-refractivity contribution in [1.82, 2.24) is 19.9 Å². The molecule has 3 rings (SSSR count). The lowest BCUT2D eigenvalue weighted by Crippen LogP contribution is -2.17. The molecule has 1 aromatic carbocycles. The Morgan fingerprint density at radius 1 is 1.10 bits per heavy atom. The van der Waals surface area contributed by atoms with E-state index in [2.05, 4.69) is 30.5 Å². The average Bonchev–Trinajstić information content (AvgIpc) is 2.70. The lowest BCUT2D eigenvalue weighted by molar-refractivity contribution is 0.405. The first-order valence-electron chi connectivity index (χ1n) is 9.05. The van der Waals surface area contributed by atoms with Gasteiger partial charge in [-0.05, 0) is 51.3 Å². The van der Waals surface area contributed by atoms with Crippen LogP contribution in [0.2, 0.25) is 10.0 Å². The maximum Gasteiger partial charge on any atom is 0.225 e. The second-order valence-corrected chi connectivity index (χ2v) is 7.52. The summed E-state index contributed by atoms with van der Waals surface area (Å²) in [6.45, 7) is 1.70. The van der Waals surface area contributed by atoms with E-state index in [1.165, 1.54) is 0 Å². The molecule has 0 unspecified atom stereocenters. The summed E-state index contributed by atoms with van der Waals surface area (Å²) in [5, 5.41) is 16.5. The Bertz CT molecular complexity index is 945. The molecule has 0 atom stereocenters. The van der Waals surface area contributed by atoms with E-state index < -0.39 is 0 Å². The Morgan fingerprint density at radius 3 is 2.52 bits per heavy atom. The minimum absolute atomic E-state index is 0.152. The van der Waals surface area contributed by atoms with Gasteiger partial charge in [0.15, 0.2) is 5.75 Å². The van der Waals surface area contributed by atoms with Crippen molar-refractivity contribution < 1.29 is 5.11 Å². The van der Waals surface area contributed by atoms with E-state index in [-0.39, 0.29) is 15.8 Å². The molecule has 0 amide bonds. The predicted octanol–water partition coefficient (Wildman–Crippen LogP) is 4.66. The standard InChI is InChI=1S/C20H22Cl2N6O/c1-28(2)8-4-7-24-20-26-17(13-5-3-6-23-12-13)11-18(27-20)25-14-9-15(21)19(29)16(22)10-14/h3,5-6,9-12,29H,4,7-8H2,1-2H3,(H2,24,25,26,27). The first-order chi connectivity index (χ1) is 13.9. The maximum absolute atomic E-state index is 9.76. The molecule has 0 saturated heterocycles. The van der Waals surface area contributed by atoms with Gasteiger partial charge in [-0.1, -0.05) is 23.2 Å². The third-order valence-electron chi connectivity index (χ3n) is 4.04. The van der Waals surface area contributed by atoms with Crippen LogP contribution < -0.4 is 10.6 Å². The third-order valence-corrected chi connectivity index (χ3v) is 4.61. The summed E-state index contributed by atoms with van der Waals surface area (Å²) in [6.07, 6.45) is 4.42. The van der Waals surface area contributed by atoms with Crippen LogP contribution in [0, 0.1) is 0 Å². The SMILES string of the molecule is CN(C)CCCNc1nc(Nc2cc(Cl)c(O)c(Cl)c2)cc(-c2cccnc2)n1. The van der Waals surface area contributed by atoms with Crippen molar-refractivity contribution in [2.75, 3.05) is 37.8 Å². The number of aromatic nitrogens is 3. The monoisotopic (exact) mass is 432 g/mol. The number of hydrogen-bond donors (Lipinski definition) is 3. The highest BCUT2D eigenvalue weighted by molar-refractivity contribution is 6.37. The van der Waals surface area contributed by atoms with Crippen LogP contribution in [0.3, 0.4) is 0 Å². The number of nitrogens with one attached hydrogen (secondary N) is 2. The Labute approximate surface area is 179 Å². The van der Waals surface area contributed by atoms with Crippen molar-refractivity contribution in [3.8, 4) is 17.0 Å². The minimum Gasteiger partial charge on any atom is -0.505 e. The molecule has 152 valence electrons. The van der Waals surface area contributed by atoms with Gasteiger partial charge >= 0.3 is 0 Å². The molecule has 2 aromatic heterocycles. The Morgan fingerprint density at radius 2 is 1.86 bits per heavy atom. The van der Waals surface area contributed by atoms with E-state index in [0.29, 0.717) is 17.5 Å². The molecule has 0 fully saturated rings. The van der Waals surface area contributed by atoms with Gasteiger partial charge in [0.2, 0.25) is 5.95 Å². The number of benzene rings is 1. The van der Waals surface area contributed by atoms with Crippen LogP contribution in [0.4, 0.5) is 17.5 Å². The first-order valence-corrected chi connectivity index (χ1v) is 9.81. The Kier molecular flexibility index (Phi) is 7.09. The number of pyridine rings is 1. The highest BCUT2D eigenvalue weighted by Gasteiger charge is 2.10. The number of anilines is 3. The zero-order valence-electron chi connectivity index (χ0n) is 16.2. The molecule has 0 radical (unpaired) electrons. The molecule has 9 heteroatoms. The van der Waals surface area contributed by atoms with Crippen molar-refractivity contribution in [3.63, 3.8) is 0 Å². The fourth-order valence-corrected chi connectivity index (χ4v) is 3.12. The van der Waals surface area contributed by atoms with Gasteiger partial charge in [-0.25, -0.2) is 4.98 Å². The fraction of sp³-hybridized carbons (Fsp3) is 0.250. The predicted molar refractivity (Wildman–Crippen MR) is 118 cm³/mol. The van der Waals surface area contributed by atoms with E-state index in [1.54, 1.807) is 24.5 Å². The molecular weight excluding hydrogens is 411 g/mol. The average molecular weight is 433 g/mol. The van der Waals surface area contributed by atoms with Crippen LogP contribution >= 0.6 is 23.2 Å². The van der Waals surface area contributed by atoms with Crippen molar-refractivity contribution in [3.05, 3.63) is 52.8 Å². The number of halogens is 2. The van der Waals surface area contributed by atoms with Gasteiger partial charge in [-0.3, -0.25) is 4.98 Å². The highest BCUT2D eigenvalue weighted by Crippen LogP contribution is 2.35. The zero-order valence-corrected chi connectivity index (χ0v) is 17.7. The molecule has 3 N–H and O–H groups in total. The summed E-state index contributed by atoms with van der Waals surface area (Å²) in [6, 6.07) is 8.77. The fourth-order valence-electron chi connectivity index (χ4n) is 2.63. The topological polar surface area (TPSA) is 86.2 Å². The number of hydrogen-bond acceptors (Lipinski definition) is 7. The molecule has 0 aliphatic heterocycles. The molecule has 0 aliphatic rings. The molecule has 7 nitrogen and oxygen atoms in total. The van der Waals surface area contributed by atoms with Gasteiger partial charge < -0.3 is 20.6 Å². The van der Waals surface area contributed by atoms with Crippen molar-refractivity contribution in [1.29, 1.82) is 0 Å². The molecule has 2 heterocycles. The summed E-state index contributed by atoms with van der Waals surface area (Å²) in [5.74, 6) is 0.913. The molecule has 3 aromatic rings. The largest absolute Gasteiger partial charge is 0.505 e. The number of phenols is 1. The maximum atomic E-state index is 9.76. The van der Waals surface area contributed by atoms with E-state index >= 15 is 0 Å². The quantitative estimate of drug-likeness (QED) is 0.352. The number of nitrogens with zero attached hydrogens (tertiary/aromatic N) is 4. The second kappa shape index (κ2) is 9.73.